The summed E-state index contributed by atoms with van der Waals surface area (Å²) < 4.78 is 32.8. The quantitative estimate of drug-likeness (QED) is 0.237. The van der Waals surface area contributed by atoms with Crippen LogP contribution in [-0.2, 0) is 14.8 Å². The van der Waals surface area contributed by atoms with Gasteiger partial charge in [-0.1, -0.05) is 62.8 Å². The molecule has 0 N–H and O–H groups in total. The molecule has 1 aliphatic rings. The van der Waals surface area contributed by atoms with E-state index >= 15 is 0 Å². The number of rotatable bonds is 6. The Bertz CT molecular complexity index is 1900. The van der Waals surface area contributed by atoms with E-state index in [4.69, 9.17) is 0 Å². The molecule has 1 aliphatic heterocycles. The van der Waals surface area contributed by atoms with E-state index in [1.165, 1.54) is 16.4 Å². The van der Waals surface area contributed by atoms with Crippen LogP contribution in [0.2, 0.25) is 0 Å². The number of hydrogen-bond donors (Lipinski definition) is 0. The first kappa shape index (κ1) is 28.6. The number of sulfonamides is 1. The molecule has 0 spiro atoms. The van der Waals surface area contributed by atoms with Gasteiger partial charge < -0.3 is 0 Å². The van der Waals surface area contributed by atoms with Crippen LogP contribution in [-0.4, -0.2) is 61.6 Å². The van der Waals surface area contributed by atoms with Crippen LogP contribution < -0.4 is 0 Å². The van der Waals surface area contributed by atoms with Gasteiger partial charge in [0.05, 0.1) is 28.7 Å². The lowest BCUT2D eigenvalue weighted by atomic mass is 9.97. The van der Waals surface area contributed by atoms with Crippen LogP contribution in [0.15, 0.2) is 106 Å². The fourth-order valence-corrected chi connectivity index (χ4v) is 6.51. The highest BCUT2D eigenvalue weighted by atomic mass is 79.9. The first-order chi connectivity index (χ1) is 20.7. The molecule has 0 saturated carbocycles. The number of hydrogen-bond acceptors (Lipinski definition) is 7. The van der Waals surface area contributed by atoms with Gasteiger partial charge in [-0.15, -0.1) is 10.2 Å². The Hall–Kier alpha value is -4.52. The van der Waals surface area contributed by atoms with Crippen LogP contribution in [0.3, 0.4) is 0 Å². The summed E-state index contributed by atoms with van der Waals surface area (Å²) in [7, 11) is -3.94. The third-order valence-corrected chi connectivity index (χ3v) is 9.45. The molecule has 1 saturated heterocycles. The minimum atomic E-state index is -3.94. The minimum Gasteiger partial charge on any atom is -0.289 e. The maximum Gasteiger partial charge on any atom is 0.243 e. The summed E-state index contributed by atoms with van der Waals surface area (Å²) in [6, 6.07) is 21.9. The maximum atomic E-state index is 13.8. The number of Topliss-reactive ketones (excluding diaryl/α,β-unsaturated/α-hetero) is 1. The van der Waals surface area contributed by atoms with E-state index < -0.39 is 10.0 Å². The average Bonchev–Trinajstić information content (AvgIpc) is 3.65. The second kappa shape index (κ2) is 11.6. The molecular formula is C31H26BrN7O3S. The van der Waals surface area contributed by atoms with E-state index in [1.807, 2.05) is 62.4 Å². The lowest BCUT2D eigenvalue weighted by Crippen LogP contribution is -2.41. The van der Waals surface area contributed by atoms with Crippen molar-refractivity contribution in [2.24, 2.45) is 0 Å². The number of para-hydroxylation sites is 2. The summed E-state index contributed by atoms with van der Waals surface area (Å²) in [6.07, 6.45) is 6.60. The largest absolute Gasteiger partial charge is 0.289 e. The molecule has 2 aromatic heterocycles. The van der Waals surface area contributed by atoms with Gasteiger partial charge in [0.1, 0.15) is 11.4 Å². The van der Waals surface area contributed by atoms with Crippen molar-refractivity contribution in [3.63, 3.8) is 0 Å². The molecule has 0 amide bonds. The van der Waals surface area contributed by atoms with E-state index in [9.17, 15) is 13.2 Å². The first-order valence-electron chi connectivity index (χ1n) is 13.4. The molecule has 3 heterocycles. The monoisotopic (exact) mass is 655 g/mol. The topological polar surface area (TPSA) is 116 Å². The third kappa shape index (κ3) is 5.89. The van der Waals surface area contributed by atoms with Crippen LogP contribution in [0, 0.1) is 13.8 Å². The molecular weight excluding hydrogens is 630 g/mol. The fraction of sp³-hybridized carbons (Fsp3) is 0.129. The summed E-state index contributed by atoms with van der Waals surface area (Å²) in [4.78, 5) is 13.9. The van der Waals surface area contributed by atoms with Gasteiger partial charge in [0.2, 0.25) is 10.0 Å². The lowest BCUT2D eigenvalue weighted by Gasteiger charge is -2.29. The maximum absolute atomic E-state index is 13.8. The zero-order valence-corrected chi connectivity index (χ0v) is 25.7. The summed E-state index contributed by atoms with van der Waals surface area (Å²) in [5.74, 6) is -0.293. The Labute approximate surface area is 257 Å². The highest BCUT2D eigenvalue weighted by Crippen LogP contribution is 2.28. The van der Waals surface area contributed by atoms with Crippen molar-refractivity contribution in [3.8, 4) is 11.4 Å². The molecule has 5 aromatic rings. The first-order valence-corrected chi connectivity index (χ1v) is 15.6. The number of aromatic nitrogens is 6. The van der Waals surface area contributed by atoms with E-state index in [2.05, 4.69) is 36.6 Å². The van der Waals surface area contributed by atoms with Gasteiger partial charge in [-0.05, 0) is 73.5 Å². The van der Waals surface area contributed by atoms with Gasteiger partial charge in [-0.2, -0.15) is 4.31 Å². The van der Waals surface area contributed by atoms with Gasteiger partial charge in [0, 0.05) is 28.7 Å². The third-order valence-electron chi connectivity index (χ3n) is 7.12. The van der Waals surface area contributed by atoms with E-state index in [0.29, 0.717) is 11.4 Å². The molecule has 0 bridgehead atoms. The molecule has 12 heteroatoms. The molecule has 216 valence electrons. The average molecular weight is 657 g/mol. The van der Waals surface area contributed by atoms with Crippen molar-refractivity contribution < 1.29 is 13.2 Å². The number of ketones is 1. The SMILES string of the molecule is Cc1ccccc1-n1cc(C=C2CN(S(=O)(=O)c3ccc(Br)cc3)CC(=Cc3cn(-c4ccccc4C)nn3)C2=O)nn1. The Morgan fingerprint density at radius 3 is 1.65 bits per heavy atom. The number of aryl methyl sites for hydroxylation is 2. The molecule has 6 rings (SSSR count). The van der Waals surface area contributed by atoms with Crippen molar-refractivity contribution >= 4 is 43.9 Å². The molecule has 0 radical (unpaired) electrons. The minimum absolute atomic E-state index is 0.123. The highest BCUT2D eigenvalue weighted by Gasteiger charge is 2.34. The number of halogens is 1. The Morgan fingerprint density at radius 2 is 1.19 bits per heavy atom. The number of nitrogens with zero attached hydrogens (tertiary/aromatic N) is 7. The standard InChI is InChI=1S/C31H26BrN7O3S/c1-21-7-3-5-9-29(21)38-19-26(33-35-38)15-23-17-37(43(41,42)28-13-11-25(32)12-14-28)18-24(31(23)40)16-27-20-39(36-34-27)30-10-6-4-8-22(30)2/h3-16,19-20H,17-18H2,1-2H3. The van der Waals surface area contributed by atoms with Crippen LogP contribution in [0.1, 0.15) is 22.5 Å². The van der Waals surface area contributed by atoms with Gasteiger partial charge in [0.25, 0.3) is 0 Å². The Morgan fingerprint density at radius 1 is 0.721 bits per heavy atom. The van der Waals surface area contributed by atoms with Crippen molar-refractivity contribution in [3.05, 3.63) is 123 Å². The van der Waals surface area contributed by atoms with Crippen LogP contribution in [0.5, 0.6) is 0 Å². The summed E-state index contributed by atoms with van der Waals surface area (Å²) in [5, 5.41) is 16.9. The summed E-state index contributed by atoms with van der Waals surface area (Å²) in [6.45, 7) is 3.69. The second-order valence-corrected chi connectivity index (χ2v) is 13.0. The zero-order chi connectivity index (χ0) is 30.1. The fourth-order valence-electron chi connectivity index (χ4n) is 4.85. The molecule has 43 heavy (non-hydrogen) atoms. The normalized spacial score (nSPS) is 16.3. The molecule has 10 nitrogen and oxygen atoms in total. The smallest absolute Gasteiger partial charge is 0.243 e. The van der Waals surface area contributed by atoms with E-state index in [1.54, 1.807) is 46.0 Å². The van der Waals surface area contributed by atoms with Crippen molar-refractivity contribution in [2.45, 2.75) is 18.7 Å². The van der Waals surface area contributed by atoms with E-state index in [-0.39, 0.29) is 34.9 Å². The molecule has 1 fully saturated rings. The van der Waals surface area contributed by atoms with Crippen LogP contribution >= 0.6 is 15.9 Å². The summed E-state index contributed by atoms with van der Waals surface area (Å²) in [5.41, 5.74) is 5.12. The second-order valence-electron chi connectivity index (χ2n) is 10.1. The van der Waals surface area contributed by atoms with Crippen molar-refractivity contribution in [1.29, 1.82) is 0 Å². The van der Waals surface area contributed by atoms with Crippen LogP contribution in [0.4, 0.5) is 0 Å². The molecule has 0 atom stereocenters. The van der Waals surface area contributed by atoms with Crippen molar-refractivity contribution in [2.75, 3.05) is 13.1 Å². The number of piperidine rings is 1. The van der Waals surface area contributed by atoms with Crippen LogP contribution in [0.25, 0.3) is 23.5 Å². The van der Waals surface area contributed by atoms with Gasteiger partial charge in [0.15, 0.2) is 5.78 Å². The Balaban J connectivity index is 1.39. The van der Waals surface area contributed by atoms with Crippen molar-refractivity contribution in [1.82, 2.24) is 34.3 Å². The lowest BCUT2D eigenvalue weighted by molar-refractivity contribution is -0.113. The highest BCUT2D eigenvalue weighted by molar-refractivity contribution is 9.10. The predicted molar refractivity (Wildman–Crippen MR) is 166 cm³/mol. The van der Waals surface area contributed by atoms with E-state index in [0.717, 1.165) is 27.0 Å². The molecule has 0 aliphatic carbocycles. The predicted octanol–water partition coefficient (Wildman–Crippen LogP) is 4.97. The van der Waals surface area contributed by atoms with Gasteiger partial charge >= 0.3 is 0 Å². The number of benzene rings is 3. The van der Waals surface area contributed by atoms with Gasteiger partial charge in [-0.3, -0.25) is 4.79 Å². The van der Waals surface area contributed by atoms with Gasteiger partial charge in [-0.25, -0.2) is 17.8 Å². The Kier molecular flexibility index (Phi) is 7.74. The summed E-state index contributed by atoms with van der Waals surface area (Å²) >= 11 is 3.35. The zero-order valence-electron chi connectivity index (χ0n) is 23.3. The molecule has 3 aromatic carbocycles. The number of carbonyl (C=O) groups excluding carboxylic acids is 1. The number of carbonyl (C=O) groups is 1. The molecule has 0 unspecified atom stereocenters.